The molecule has 8 nitrogen and oxygen atoms in total. The van der Waals surface area contributed by atoms with Crippen LogP contribution < -0.4 is 16.0 Å². The van der Waals surface area contributed by atoms with E-state index < -0.39 is 0 Å². The first-order valence-corrected chi connectivity index (χ1v) is 9.74. The fraction of sp³-hybridized carbons (Fsp3) is 0.158. The SMILES string of the molecule is CC(=O)Nc1ccc(NC(=O)Cc2csc(NC(=O)c3ccoc3C)n2)cc1Cl. The van der Waals surface area contributed by atoms with Crippen molar-refractivity contribution in [2.75, 3.05) is 16.0 Å². The van der Waals surface area contributed by atoms with Gasteiger partial charge >= 0.3 is 0 Å². The van der Waals surface area contributed by atoms with Crippen LogP contribution in [0, 0.1) is 6.92 Å². The molecule has 0 fully saturated rings. The molecule has 3 aromatic rings. The van der Waals surface area contributed by atoms with Gasteiger partial charge in [0.1, 0.15) is 5.76 Å². The average molecular weight is 433 g/mol. The summed E-state index contributed by atoms with van der Waals surface area (Å²) in [6.45, 7) is 3.08. The van der Waals surface area contributed by atoms with Gasteiger partial charge in [-0.2, -0.15) is 0 Å². The Bertz CT molecular complexity index is 1080. The van der Waals surface area contributed by atoms with Gasteiger partial charge in [-0.3, -0.25) is 19.7 Å². The molecule has 0 atom stereocenters. The van der Waals surface area contributed by atoms with Gasteiger partial charge in [0.15, 0.2) is 5.13 Å². The molecule has 0 aliphatic heterocycles. The van der Waals surface area contributed by atoms with Gasteiger partial charge in [-0.05, 0) is 31.2 Å². The van der Waals surface area contributed by atoms with Gasteiger partial charge in [0, 0.05) is 18.0 Å². The van der Waals surface area contributed by atoms with Crippen LogP contribution in [0.3, 0.4) is 0 Å². The lowest BCUT2D eigenvalue weighted by atomic mass is 10.2. The molecule has 2 heterocycles. The van der Waals surface area contributed by atoms with Gasteiger partial charge in [-0.1, -0.05) is 11.6 Å². The van der Waals surface area contributed by atoms with Crippen LogP contribution in [-0.2, 0) is 16.0 Å². The standard InChI is InChI=1S/C19H17ClN4O4S/c1-10-14(5-6-28-10)18(27)24-19-23-13(9-29-19)8-17(26)22-12-3-4-16(15(20)7-12)21-11(2)25/h3-7,9H,8H2,1-2H3,(H,21,25)(H,22,26)(H,23,24,27). The van der Waals surface area contributed by atoms with Crippen LogP contribution in [0.15, 0.2) is 40.3 Å². The maximum absolute atomic E-state index is 12.3. The van der Waals surface area contributed by atoms with Gasteiger partial charge in [-0.25, -0.2) is 4.98 Å². The number of anilines is 3. The summed E-state index contributed by atoms with van der Waals surface area (Å²) in [6.07, 6.45) is 1.47. The third-order valence-electron chi connectivity index (χ3n) is 3.78. The van der Waals surface area contributed by atoms with Crippen LogP contribution in [0.25, 0.3) is 0 Å². The minimum atomic E-state index is -0.324. The van der Waals surface area contributed by atoms with E-state index in [0.717, 1.165) is 0 Å². The predicted molar refractivity (Wildman–Crippen MR) is 112 cm³/mol. The fourth-order valence-corrected chi connectivity index (χ4v) is 3.42. The molecular formula is C19H17ClN4O4S. The highest BCUT2D eigenvalue weighted by atomic mass is 35.5. The molecule has 2 aromatic heterocycles. The van der Waals surface area contributed by atoms with Crippen molar-refractivity contribution in [1.29, 1.82) is 0 Å². The van der Waals surface area contributed by atoms with Crippen LogP contribution in [-0.4, -0.2) is 22.7 Å². The highest BCUT2D eigenvalue weighted by molar-refractivity contribution is 7.14. The van der Waals surface area contributed by atoms with E-state index in [-0.39, 0.29) is 24.1 Å². The summed E-state index contributed by atoms with van der Waals surface area (Å²) in [5.41, 5.74) is 1.91. The molecule has 0 radical (unpaired) electrons. The van der Waals surface area contributed by atoms with E-state index in [9.17, 15) is 14.4 Å². The van der Waals surface area contributed by atoms with Gasteiger partial charge in [0.05, 0.1) is 34.7 Å². The number of nitrogens with zero attached hydrogens (tertiary/aromatic N) is 1. The zero-order valence-electron chi connectivity index (χ0n) is 15.5. The van der Waals surface area contributed by atoms with E-state index in [0.29, 0.717) is 38.5 Å². The zero-order valence-corrected chi connectivity index (χ0v) is 17.1. The molecular weight excluding hydrogens is 416 g/mol. The molecule has 0 aliphatic carbocycles. The number of furan rings is 1. The molecule has 3 rings (SSSR count). The maximum atomic E-state index is 12.3. The number of nitrogens with one attached hydrogen (secondary N) is 3. The van der Waals surface area contributed by atoms with Crippen LogP contribution in [0.5, 0.6) is 0 Å². The minimum Gasteiger partial charge on any atom is -0.469 e. The summed E-state index contributed by atoms with van der Waals surface area (Å²) < 4.78 is 5.11. The smallest absolute Gasteiger partial charge is 0.260 e. The molecule has 0 saturated heterocycles. The topological polar surface area (TPSA) is 113 Å². The molecule has 0 spiro atoms. The summed E-state index contributed by atoms with van der Waals surface area (Å²) in [4.78, 5) is 39.8. The number of halogens is 1. The van der Waals surface area contributed by atoms with Gasteiger partial charge < -0.3 is 15.1 Å². The van der Waals surface area contributed by atoms with E-state index in [1.165, 1.54) is 24.5 Å². The highest BCUT2D eigenvalue weighted by Gasteiger charge is 2.15. The lowest BCUT2D eigenvalue weighted by Crippen LogP contribution is -2.15. The number of carbonyl (C=O) groups excluding carboxylic acids is 3. The Labute approximate surface area is 175 Å². The van der Waals surface area contributed by atoms with Gasteiger partial charge in [-0.15, -0.1) is 11.3 Å². The lowest BCUT2D eigenvalue weighted by Gasteiger charge is -2.08. The Kier molecular flexibility index (Phi) is 6.30. The third-order valence-corrected chi connectivity index (χ3v) is 4.90. The Morgan fingerprint density at radius 2 is 1.97 bits per heavy atom. The van der Waals surface area contributed by atoms with E-state index in [1.807, 2.05) is 0 Å². The maximum Gasteiger partial charge on any atom is 0.260 e. The van der Waals surface area contributed by atoms with Crippen molar-refractivity contribution in [3.8, 4) is 0 Å². The predicted octanol–water partition coefficient (Wildman–Crippen LogP) is 4.09. The number of amides is 3. The van der Waals surface area contributed by atoms with E-state index in [2.05, 4.69) is 20.9 Å². The van der Waals surface area contributed by atoms with Crippen LogP contribution in [0.1, 0.15) is 28.7 Å². The Morgan fingerprint density at radius 1 is 1.17 bits per heavy atom. The number of thiazole rings is 1. The highest BCUT2D eigenvalue weighted by Crippen LogP contribution is 2.26. The molecule has 29 heavy (non-hydrogen) atoms. The molecule has 3 amide bonds. The Balaban J connectivity index is 1.57. The number of hydrogen-bond acceptors (Lipinski definition) is 6. The van der Waals surface area contributed by atoms with E-state index >= 15 is 0 Å². The largest absolute Gasteiger partial charge is 0.469 e. The summed E-state index contributed by atoms with van der Waals surface area (Å²) in [7, 11) is 0. The number of carbonyl (C=O) groups is 3. The first-order chi connectivity index (χ1) is 13.8. The van der Waals surface area contributed by atoms with Crippen LogP contribution in [0.4, 0.5) is 16.5 Å². The van der Waals surface area contributed by atoms with Crippen molar-refractivity contribution in [3.63, 3.8) is 0 Å². The molecule has 0 saturated carbocycles. The zero-order chi connectivity index (χ0) is 21.0. The van der Waals surface area contributed by atoms with Crippen molar-refractivity contribution in [3.05, 3.63) is 57.9 Å². The van der Waals surface area contributed by atoms with Crippen LogP contribution >= 0.6 is 22.9 Å². The van der Waals surface area contributed by atoms with Crippen molar-refractivity contribution in [1.82, 2.24) is 4.98 Å². The second-order valence-electron chi connectivity index (χ2n) is 6.09. The summed E-state index contributed by atoms with van der Waals surface area (Å²) >= 11 is 7.32. The minimum absolute atomic E-state index is 0.0299. The Hall–Kier alpha value is -3.17. The summed E-state index contributed by atoms with van der Waals surface area (Å²) in [6, 6.07) is 6.36. The molecule has 0 unspecified atom stereocenters. The Morgan fingerprint density at radius 3 is 2.62 bits per heavy atom. The number of aryl methyl sites for hydroxylation is 1. The first kappa shape index (κ1) is 20.6. The fourth-order valence-electron chi connectivity index (χ4n) is 2.48. The molecule has 150 valence electrons. The van der Waals surface area contributed by atoms with E-state index in [1.54, 1.807) is 36.6 Å². The number of rotatable bonds is 6. The molecule has 10 heteroatoms. The van der Waals surface area contributed by atoms with Crippen LogP contribution in [0.2, 0.25) is 5.02 Å². The number of benzene rings is 1. The van der Waals surface area contributed by atoms with E-state index in [4.69, 9.17) is 16.0 Å². The van der Waals surface area contributed by atoms with Crippen molar-refractivity contribution in [2.45, 2.75) is 20.3 Å². The molecule has 0 bridgehead atoms. The molecule has 3 N–H and O–H groups in total. The van der Waals surface area contributed by atoms with Gasteiger partial charge in [0.25, 0.3) is 5.91 Å². The average Bonchev–Trinajstić information content (AvgIpc) is 3.25. The van der Waals surface area contributed by atoms with Crippen molar-refractivity contribution < 1.29 is 18.8 Å². The molecule has 1 aromatic carbocycles. The summed E-state index contributed by atoms with van der Waals surface area (Å²) in [5.74, 6) is -0.336. The van der Waals surface area contributed by atoms with Crippen molar-refractivity contribution in [2.24, 2.45) is 0 Å². The number of aromatic nitrogens is 1. The van der Waals surface area contributed by atoms with Crippen molar-refractivity contribution >= 4 is 57.2 Å². The second-order valence-corrected chi connectivity index (χ2v) is 7.35. The first-order valence-electron chi connectivity index (χ1n) is 8.48. The number of hydrogen-bond donors (Lipinski definition) is 3. The second kappa shape index (κ2) is 8.89. The van der Waals surface area contributed by atoms with Gasteiger partial charge in [0.2, 0.25) is 11.8 Å². The quantitative estimate of drug-likeness (QED) is 0.543. The summed E-state index contributed by atoms with van der Waals surface area (Å²) in [5, 5.41) is 10.4. The third kappa shape index (κ3) is 5.43. The lowest BCUT2D eigenvalue weighted by molar-refractivity contribution is -0.116. The monoisotopic (exact) mass is 432 g/mol. The normalized spacial score (nSPS) is 10.4. The molecule has 0 aliphatic rings.